The van der Waals surface area contributed by atoms with Gasteiger partial charge in [0.05, 0.1) is 34.8 Å². The van der Waals surface area contributed by atoms with E-state index in [0.29, 0.717) is 52.6 Å². The third kappa shape index (κ3) is 8.29. The molecule has 1 aliphatic heterocycles. The molecular formula is C40H36F2N6O5S. The molecule has 1 fully saturated rings. The fraction of sp³-hybridized carbons (Fsp3) is 0.200. The average Bonchev–Trinajstić information content (AvgIpc) is 3.15. The molecule has 6 aromatic rings. The lowest BCUT2D eigenvalue weighted by Gasteiger charge is -2.35. The summed E-state index contributed by atoms with van der Waals surface area (Å²) in [6.07, 6.45) is 3.99. The Morgan fingerprint density at radius 2 is 1.65 bits per heavy atom. The topological polar surface area (TPSA) is 136 Å². The standard InChI is InChI=1S/C40H36F2N6O5S/c1-25-21-29(23-48(22-25)53-39(49)27-9-4-3-5-10-27)45-40-44-20-18-35(46-40)32-12-8-19-43-38(32)52-37-26(2)14-15-30-31(37)16-17-34(42)36(30)47-54(50,51)24-28-11-6-7-13-33(28)41/h3-20,25,29,47H,21-24H2,1-2H3,(H,44,45,46)/t25-,29?/m1/s1. The van der Waals surface area contributed by atoms with Crippen LogP contribution in [-0.4, -0.2) is 53.5 Å². The minimum absolute atomic E-state index is 0.0455. The minimum Gasteiger partial charge on any atom is -0.437 e. The molecule has 2 atom stereocenters. The van der Waals surface area contributed by atoms with Crippen LogP contribution < -0.4 is 14.8 Å². The molecule has 0 radical (unpaired) electrons. The van der Waals surface area contributed by atoms with Gasteiger partial charge in [0.25, 0.3) is 0 Å². The number of ether oxygens (including phenoxy) is 1. The average molecular weight is 751 g/mol. The first-order valence-corrected chi connectivity index (χ1v) is 18.9. The highest BCUT2D eigenvalue weighted by atomic mass is 32.2. The van der Waals surface area contributed by atoms with E-state index in [-0.39, 0.29) is 34.5 Å². The summed E-state index contributed by atoms with van der Waals surface area (Å²) in [6.45, 7) is 4.91. The SMILES string of the molecule is Cc1ccc2c(NS(=O)(=O)Cc3ccccc3F)c(F)ccc2c1Oc1ncccc1-c1ccnc(NC2C[C@@H](C)CN(OC(=O)c3ccccc3)C2)n1. The van der Waals surface area contributed by atoms with E-state index >= 15 is 4.39 Å². The number of carbonyl (C=O) groups is 1. The van der Waals surface area contributed by atoms with E-state index in [9.17, 15) is 17.6 Å². The summed E-state index contributed by atoms with van der Waals surface area (Å²) in [6, 6.07) is 25.4. The van der Waals surface area contributed by atoms with Gasteiger partial charge in [0.2, 0.25) is 21.9 Å². The number of piperidine rings is 1. The zero-order valence-corrected chi connectivity index (χ0v) is 30.2. The van der Waals surface area contributed by atoms with Gasteiger partial charge in [-0.3, -0.25) is 4.72 Å². The number of hydroxylamine groups is 2. The van der Waals surface area contributed by atoms with Gasteiger partial charge in [0.15, 0.2) is 0 Å². The molecule has 1 unspecified atom stereocenters. The number of fused-ring (bicyclic) bond motifs is 1. The lowest BCUT2D eigenvalue weighted by molar-refractivity contribution is -0.131. The van der Waals surface area contributed by atoms with Crippen LogP contribution in [0.1, 0.15) is 34.8 Å². The number of carbonyl (C=O) groups excluding carboxylic acids is 1. The number of pyridine rings is 1. The summed E-state index contributed by atoms with van der Waals surface area (Å²) in [4.78, 5) is 32.1. The van der Waals surface area contributed by atoms with Gasteiger partial charge in [0.1, 0.15) is 17.4 Å². The molecule has 0 saturated carbocycles. The van der Waals surface area contributed by atoms with Crippen molar-refractivity contribution in [3.63, 3.8) is 0 Å². The zero-order chi connectivity index (χ0) is 37.8. The number of halogens is 2. The molecule has 4 aromatic carbocycles. The molecule has 276 valence electrons. The van der Waals surface area contributed by atoms with E-state index in [0.717, 1.165) is 12.5 Å². The lowest BCUT2D eigenvalue weighted by atomic mass is 9.97. The fourth-order valence-corrected chi connectivity index (χ4v) is 7.70. The van der Waals surface area contributed by atoms with Crippen LogP contribution in [0.15, 0.2) is 109 Å². The first-order chi connectivity index (χ1) is 26.0. The molecule has 11 nitrogen and oxygen atoms in total. The molecule has 14 heteroatoms. The van der Waals surface area contributed by atoms with E-state index in [1.54, 1.807) is 79.0 Å². The molecule has 0 bridgehead atoms. The van der Waals surface area contributed by atoms with E-state index in [1.807, 2.05) is 6.07 Å². The monoisotopic (exact) mass is 750 g/mol. The summed E-state index contributed by atoms with van der Waals surface area (Å²) in [5, 5.41) is 5.71. The van der Waals surface area contributed by atoms with Gasteiger partial charge in [0, 0.05) is 41.3 Å². The predicted octanol–water partition coefficient (Wildman–Crippen LogP) is 7.91. The highest BCUT2D eigenvalue weighted by Gasteiger charge is 2.29. The second-order valence-electron chi connectivity index (χ2n) is 13.2. The van der Waals surface area contributed by atoms with Crippen molar-refractivity contribution in [1.82, 2.24) is 20.0 Å². The summed E-state index contributed by atoms with van der Waals surface area (Å²) < 4.78 is 64.6. The van der Waals surface area contributed by atoms with Crippen LogP contribution in [0, 0.1) is 24.5 Å². The van der Waals surface area contributed by atoms with Gasteiger partial charge >= 0.3 is 5.97 Å². The Hall–Kier alpha value is -5.99. The molecule has 2 N–H and O–H groups in total. The maximum atomic E-state index is 15.3. The Balaban J connectivity index is 1.12. The Morgan fingerprint density at radius 3 is 2.46 bits per heavy atom. The van der Waals surface area contributed by atoms with Crippen LogP contribution in [-0.2, 0) is 20.6 Å². The summed E-state index contributed by atoms with van der Waals surface area (Å²) in [5.74, 6) is -1.47. The smallest absolute Gasteiger partial charge is 0.357 e. The maximum Gasteiger partial charge on any atom is 0.357 e. The van der Waals surface area contributed by atoms with E-state index in [1.165, 1.54) is 30.3 Å². The van der Waals surface area contributed by atoms with Crippen molar-refractivity contribution in [2.75, 3.05) is 23.1 Å². The third-order valence-electron chi connectivity index (χ3n) is 8.94. The normalized spacial score (nSPS) is 16.1. The van der Waals surface area contributed by atoms with Crippen molar-refractivity contribution in [2.24, 2.45) is 5.92 Å². The Kier molecular flexibility index (Phi) is 10.5. The maximum absolute atomic E-state index is 15.3. The van der Waals surface area contributed by atoms with E-state index in [4.69, 9.17) is 14.6 Å². The molecule has 3 heterocycles. The zero-order valence-electron chi connectivity index (χ0n) is 29.4. The second kappa shape index (κ2) is 15.5. The first kappa shape index (κ1) is 36.4. The van der Waals surface area contributed by atoms with Crippen LogP contribution >= 0.6 is 0 Å². The molecule has 54 heavy (non-hydrogen) atoms. The number of rotatable bonds is 11. The van der Waals surface area contributed by atoms with Crippen LogP contribution in [0.25, 0.3) is 22.0 Å². The first-order valence-electron chi connectivity index (χ1n) is 17.2. The Bertz CT molecular complexity index is 2440. The number of sulfonamides is 1. The summed E-state index contributed by atoms with van der Waals surface area (Å²) in [5.41, 5.74) is 1.88. The number of anilines is 2. The van der Waals surface area contributed by atoms with Crippen molar-refractivity contribution in [3.8, 4) is 22.9 Å². The molecule has 0 amide bonds. The molecule has 1 saturated heterocycles. The van der Waals surface area contributed by atoms with Crippen LogP contribution in [0.4, 0.5) is 20.4 Å². The third-order valence-corrected chi connectivity index (χ3v) is 10.1. The largest absolute Gasteiger partial charge is 0.437 e. The van der Waals surface area contributed by atoms with Crippen molar-refractivity contribution in [1.29, 1.82) is 0 Å². The van der Waals surface area contributed by atoms with Gasteiger partial charge in [-0.15, -0.1) is 5.06 Å². The van der Waals surface area contributed by atoms with Crippen molar-refractivity contribution in [2.45, 2.75) is 32.1 Å². The van der Waals surface area contributed by atoms with Gasteiger partial charge in [-0.2, -0.15) is 0 Å². The summed E-state index contributed by atoms with van der Waals surface area (Å²) in [7, 11) is -4.21. The lowest BCUT2D eigenvalue weighted by Crippen LogP contribution is -2.46. The predicted molar refractivity (Wildman–Crippen MR) is 201 cm³/mol. The number of nitrogens with one attached hydrogen (secondary N) is 2. The Morgan fingerprint density at radius 1 is 0.870 bits per heavy atom. The van der Waals surface area contributed by atoms with Gasteiger partial charge < -0.3 is 14.9 Å². The van der Waals surface area contributed by atoms with E-state index < -0.39 is 33.4 Å². The molecule has 0 spiro atoms. The summed E-state index contributed by atoms with van der Waals surface area (Å²) >= 11 is 0. The van der Waals surface area contributed by atoms with Crippen LogP contribution in [0.5, 0.6) is 11.6 Å². The number of hydrogen-bond acceptors (Lipinski definition) is 10. The molecular weight excluding hydrogens is 715 g/mol. The molecule has 2 aromatic heterocycles. The van der Waals surface area contributed by atoms with Crippen molar-refractivity contribution >= 4 is 38.4 Å². The van der Waals surface area contributed by atoms with Crippen molar-refractivity contribution < 1.29 is 31.6 Å². The molecule has 0 aliphatic carbocycles. The van der Waals surface area contributed by atoms with Gasteiger partial charge in [-0.1, -0.05) is 55.5 Å². The molecule has 1 aliphatic rings. The minimum atomic E-state index is -4.21. The number of nitrogens with zero attached hydrogens (tertiary/aromatic N) is 4. The highest BCUT2D eigenvalue weighted by molar-refractivity contribution is 7.91. The number of benzene rings is 4. The number of aryl methyl sites for hydroxylation is 1. The van der Waals surface area contributed by atoms with Crippen molar-refractivity contribution in [3.05, 3.63) is 138 Å². The second-order valence-corrected chi connectivity index (χ2v) is 14.9. The fourth-order valence-electron chi connectivity index (χ4n) is 6.46. The van der Waals surface area contributed by atoms with E-state index in [2.05, 4.69) is 26.9 Å². The Labute approximate surface area is 311 Å². The number of hydrogen-bond donors (Lipinski definition) is 2. The van der Waals surface area contributed by atoms with Gasteiger partial charge in [-0.05, 0) is 73.4 Å². The highest BCUT2D eigenvalue weighted by Crippen LogP contribution is 2.40. The molecule has 7 rings (SSSR count). The van der Waals surface area contributed by atoms with Crippen LogP contribution in [0.3, 0.4) is 0 Å². The number of aromatic nitrogens is 3. The van der Waals surface area contributed by atoms with Crippen LogP contribution in [0.2, 0.25) is 0 Å². The van der Waals surface area contributed by atoms with Gasteiger partial charge in [-0.25, -0.2) is 36.9 Å². The quantitative estimate of drug-likeness (QED) is 0.135.